The van der Waals surface area contributed by atoms with Crippen molar-refractivity contribution in [2.75, 3.05) is 0 Å². The Hall–Kier alpha value is -3.06. The molecule has 2 aromatic carbocycles. The van der Waals surface area contributed by atoms with Gasteiger partial charge in [-0.25, -0.2) is 0 Å². The molecule has 0 N–H and O–H groups in total. The Morgan fingerprint density at radius 3 is 0.853 bits per heavy atom. The van der Waals surface area contributed by atoms with Gasteiger partial charge in [-0.05, 0) is 0 Å². The summed E-state index contributed by atoms with van der Waals surface area (Å²) in [6, 6.07) is 1.51. The summed E-state index contributed by atoms with van der Waals surface area (Å²) in [5.74, 6) is -42.7. The second kappa shape index (κ2) is 8.31. The van der Waals surface area contributed by atoms with Crippen LogP contribution in [-0.4, -0.2) is 36.3 Å². The van der Waals surface area contributed by atoms with Crippen LogP contribution in [0.1, 0.15) is 31.8 Å². The molecule has 0 unspecified atom stereocenters. The molecule has 14 heteroatoms. The van der Waals surface area contributed by atoms with Gasteiger partial charge in [0.25, 0.3) is 0 Å². The third-order valence-electron chi connectivity index (χ3n) is 4.79. The summed E-state index contributed by atoms with van der Waals surface area (Å²) in [5, 5.41) is 0. The number of benzene rings is 2. The van der Waals surface area contributed by atoms with Crippen molar-refractivity contribution in [1.29, 1.82) is 0 Å². The van der Waals surface area contributed by atoms with E-state index in [2.05, 4.69) is 0 Å². The maximum Gasteiger partial charge on any atom is 0.385 e. The zero-order valence-electron chi connectivity index (χ0n) is 16.1. The van der Waals surface area contributed by atoms with Crippen LogP contribution in [-0.2, 0) is 11.8 Å². The van der Waals surface area contributed by atoms with Gasteiger partial charge in [0.2, 0.25) is 0 Å². The molecule has 0 radical (unpaired) electrons. The number of rotatable bonds is 9. The lowest BCUT2D eigenvalue weighted by Crippen LogP contribution is -2.69. The SMILES string of the molecule is O=Cc1ccc(C(F)(F)C(F)(F)C(F)(F)C(F)(F)C(F)(F)C(F)(F)c2ccc(C=O)cc2)cc1. The first-order valence-corrected chi connectivity index (χ1v) is 8.71. The molecule has 0 aliphatic heterocycles. The van der Waals surface area contributed by atoms with E-state index in [1.807, 2.05) is 0 Å². The normalized spacial score (nSPS) is 14.1. The van der Waals surface area contributed by atoms with Crippen molar-refractivity contribution in [3.05, 3.63) is 70.8 Å². The van der Waals surface area contributed by atoms with E-state index in [0.717, 1.165) is 0 Å². The lowest BCUT2D eigenvalue weighted by Gasteiger charge is -2.41. The van der Waals surface area contributed by atoms with E-state index in [1.165, 1.54) is 0 Å². The number of halogens is 12. The minimum Gasteiger partial charge on any atom is -0.298 e. The van der Waals surface area contributed by atoms with E-state index >= 15 is 0 Å². The Balaban J connectivity index is 2.59. The fourth-order valence-corrected chi connectivity index (χ4v) is 2.69. The van der Waals surface area contributed by atoms with Crippen molar-refractivity contribution < 1.29 is 62.3 Å². The maximum atomic E-state index is 14.2. The Kier molecular flexibility index (Phi) is 6.64. The summed E-state index contributed by atoms with van der Waals surface area (Å²) in [5.41, 5.74) is -5.02. The summed E-state index contributed by atoms with van der Waals surface area (Å²) >= 11 is 0. The fourth-order valence-electron chi connectivity index (χ4n) is 2.69. The minimum absolute atomic E-state index is 0.0209. The van der Waals surface area contributed by atoms with Gasteiger partial charge in [-0.2, -0.15) is 52.7 Å². The summed E-state index contributed by atoms with van der Waals surface area (Å²) in [4.78, 5) is 21.0. The summed E-state index contributed by atoms with van der Waals surface area (Å²) in [7, 11) is 0. The van der Waals surface area contributed by atoms with Gasteiger partial charge in [0, 0.05) is 22.3 Å². The molecule has 0 fully saturated rings. The average molecular weight is 510 g/mol. The quantitative estimate of drug-likeness (QED) is 0.277. The van der Waals surface area contributed by atoms with Gasteiger partial charge in [0.15, 0.2) is 0 Å². The van der Waals surface area contributed by atoms with Gasteiger partial charge in [-0.15, -0.1) is 0 Å². The van der Waals surface area contributed by atoms with Crippen molar-refractivity contribution in [3.63, 3.8) is 0 Å². The second-order valence-electron chi connectivity index (χ2n) is 6.93. The Morgan fingerprint density at radius 2 is 0.647 bits per heavy atom. The molecule has 186 valence electrons. The molecule has 0 heterocycles. The highest BCUT2D eigenvalue weighted by molar-refractivity contribution is 5.75. The molecule has 0 aromatic heterocycles. The monoisotopic (exact) mass is 510 g/mol. The molecular weight excluding hydrogens is 500 g/mol. The highest BCUT2D eigenvalue weighted by atomic mass is 19.4. The average Bonchev–Trinajstić information content (AvgIpc) is 2.78. The van der Waals surface area contributed by atoms with Gasteiger partial charge in [-0.3, -0.25) is 9.59 Å². The molecule has 2 nitrogen and oxygen atoms in total. The zero-order chi connectivity index (χ0) is 26.4. The molecule has 0 atom stereocenters. The van der Waals surface area contributed by atoms with Crippen LogP contribution in [0.3, 0.4) is 0 Å². The van der Waals surface area contributed by atoms with Crippen LogP contribution in [0.2, 0.25) is 0 Å². The number of carbonyl (C=O) groups is 2. The maximum absolute atomic E-state index is 14.2. The predicted octanol–water partition coefficient (Wildman–Crippen LogP) is 6.74. The van der Waals surface area contributed by atoms with Crippen molar-refractivity contribution in [2.45, 2.75) is 35.5 Å². The van der Waals surface area contributed by atoms with Crippen LogP contribution in [0.25, 0.3) is 0 Å². The molecule has 0 aliphatic rings. The fraction of sp³-hybridized carbons (Fsp3) is 0.300. The summed E-state index contributed by atoms with van der Waals surface area (Å²) < 4.78 is 169. The van der Waals surface area contributed by atoms with E-state index in [1.54, 1.807) is 0 Å². The summed E-state index contributed by atoms with van der Waals surface area (Å²) in [6.45, 7) is 0. The van der Waals surface area contributed by atoms with E-state index < -0.39 is 57.8 Å². The van der Waals surface area contributed by atoms with E-state index in [9.17, 15) is 62.3 Å². The minimum atomic E-state index is -7.73. The number of hydrogen-bond acceptors (Lipinski definition) is 2. The lowest BCUT2D eigenvalue weighted by molar-refractivity contribution is -0.429. The van der Waals surface area contributed by atoms with Crippen LogP contribution in [0.15, 0.2) is 48.5 Å². The van der Waals surface area contributed by atoms with Crippen molar-refractivity contribution in [2.24, 2.45) is 0 Å². The summed E-state index contributed by atoms with van der Waals surface area (Å²) in [6.07, 6.45) is 0.0418. The molecule has 0 saturated carbocycles. The van der Waals surface area contributed by atoms with Crippen LogP contribution in [0, 0.1) is 0 Å². The number of aldehydes is 2. The first-order valence-electron chi connectivity index (χ1n) is 8.71. The van der Waals surface area contributed by atoms with E-state index in [0.29, 0.717) is 24.3 Å². The predicted molar refractivity (Wildman–Crippen MR) is 91.2 cm³/mol. The van der Waals surface area contributed by atoms with Crippen LogP contribution < -0.4 is 0 Å². The molecule has 0 amide bonds. The molecule has 0 aliphatic carbocycles. The second-order valence-corrected chi connectivity index (χ2v) is 6.93. The smallest absolute Gasteiger partial charge is 0.298 e. The third kappa shape index (κ3) is 3.72. The molecule has 0 bridgehead atoms. The van der Waals surface area contributed by atoms with E-state index in [-0.39, 0.29) is 36.8 Å². The molecule has 0 spiro atoms. The zero-order valence-corrected chi connectivity index (χ0v) is 16.1. The van der Waals surface area contributed by atoms with Crippen LogP contribution in [0.5, 0.6) is 0 Å². The van der Waals surface area contributed by atoms with Gasteiger partial charge >= 0.3 is 35.5 Å². The van der Waals surface area contributed by atoms with Gasteiger partial charge < -0.3 is 0 Å². The van der Waals surface area contributed by atoms with Crippen molar-refractivity contribution in [3.8, 4) is 0 Å². The Morgan fingerprint density at radius 1 is 0.412 bits per heavy atom. The molecule has 2 rings (SSSR count). The molecule has 2 aromatic rings. The number of hydrogen-bond donors (Lipinski definition) is 0. The lowest BCUT2D eigenvalue weighted by atomic mass is 9.87. The molecular formula is C20H10F12O2. The van der Waals surface area contributed by atoms with Gasteiger partial charge in [0.05, 0.1) is 0 Å². The van der Waals surface area contributed by atoms with Crippen LogP contribution >= 0.6 is 0 Å². The van der Waals surface area contributed by atoms with Crippen molar-refractivity contribution >= 4 is 12.6 Å². The largest absolute Gasteiger partial charge is 0.385 e. The Bertz CT molecular complexity index is 959. The highest BCUT2D eigenvalue weighted by Gasteiger charge is 2.90. The highest BCUT2D eigenvalue weighted by Crippen LogP contribution is 2.63. The molecule has 34 heavy (non-hydrogen) atoms. The van der Waals surface area contributed by atoms with Gasteiger partial charge in [0.1, 0.15) is 12.6 Å². The van der Waals surface area contributed by atoms with E-state index in [4.69, 9.17) is 0 Å². The van der Waals surface area contributed by atoms with Gasteiger partial charge in [-0.1, -0.05) is 48.5 Å². The standard InChI is InChI=1S/C20H10F12O2/c21-15(22,13-5-1-11(9-33)2-6-13)17(25,26)19(29,30)20(31,32)18(27,28)16(23,24)14-7-3-12(10-34)4-8-14/h1-10H. The third-order valence-corrected chi connectivity index (χ3v) is 4.79. The number of carbonyl (C=O) groups excluding carboxylic acids is 2. The van der Waals surface area contributed by atoms with Crippen molar-refractivity contribution in [1.82, 2.24) is 0 Å². The number of alkyl halides is 12. The topological polar surface area (TPSA) is 34.1 Å². The first kappa shape index (κ1) is 27.2. The first-order chi connectivity index (χ1) is 15.3. The molecule has 0 saturated heterocycles. The van der Waals surface area contributed by atoms with Crippen LogP contribution in [0.4, 0.5) is 52.7 Å². The Labute approximate surface area is 182 Å².